The minimum absolute atomic E-state index is 0. The summed E-state index contributed by atoms with van der Waals surface area (Å²) in [7, 11) is 0. The van der Waals surface area contributed by atoms with Crippen molar-refractivity contribution in [3.05, 3.63) is 70.8 Å². The molecule has 0 radical (unpaired) electrons. The largest absolute Gasteiger partial charge is 0.341 e. The Labute approximate surface area is 177 Å². The standard InChI is InChI=1S/C24H28F2N2O2.H2/c1-16(2)24(30)18-6-3-5-17(11-18)20-7-4-10-28(15-20)23(29)14-27-13-19-8-9-21(25)12-22(19)26;/h3,5-6,8-9,11-12,16,20,27H,4,7,10,13-15H2,1-2H3;1H/t20-;/m1./s1. The third-order valence-corrected chi connectivity index (χ3v) is 5.55. The second-order valence-electron chi connectivity index (χ2n) is 8.16. The number of piperidine rings is 1. The number of hydrogen-bond acceptors (Lipinski definition) is 3. The van der Waals surface area contributed by atoms with E-state index in [-0.39, 0.29) is 38.0 Å². The van der Waals surface area contributed by atoms with Crippen molar-refractivity contribution in [1.82, 2.24) is 10.2 Å². The number of likely N-dealkylation sites (tertiary alicyclic amines) is 1. The summed E-state index contributed by atoms with van der Waals surface area (Å²) < 4.78 is 26.7. The number of rotatable bonds is 7. The Morgan fingerprint density at radius 2 is 2.00 bits per heavy atom. The van der Waals surface area contributed by atoms with Crippen molar-refractivity contribution in [1.29, 1.82) is 0 Å². The molecule has 0 unspecified atom stereocenters. The second-order valence-corrected chi connectivity index (χ2v) is 8.16. The lowest BCUT2D eigenvalue weighted by molar-refractivity contribution is -0.131. The van der Waals surface area contributed by atoms with Crippen LogP contribution in [0.3, 0.4) is 0 Å². The first-order chi connectivity index (χ1) is 14.3. The van der Waals surface area contributed by atoms with Crippen LogP contribution in [0.1, 0.15) is 55.5 Å². The first-order valence-corrected chi connectivity index (χ1v) is 10.4. The topological polar surface area (TPSA) is 49.4 Å². The van der Waals surface area contributed by atoms with E-state index in [2.05, 4.69) is 5.32 Å². The molecule has 1 fully saturated rings. The van der Waals surface area contributed by atoms with Crippen LogP contribution in [-0.4, -0.2) is 36.2 Å². The molecule has 3 rings (SSSR count). The van der Waals surface area contributed by atoms with Gasteiger partial charge in [0, 0.05) is 50.1 Å². The number of nitrogens with one attached hydrogen (secondary N) is 1. The fourth-order valence-electron chi connectivity index (χ4n) is 3.84. The van der Waals surface area contributed by atoms with Gasteiger partial charge in [0.25, 0.3) is 0 Å². The first-order valence-electron chi connectivity index (χ1n) is 10.4. The van der Waals surface area contributed by atoms with Gasteiger partial charge in [0.15, 0.2) is 5.78 Å². The van der Waals surface area contributed by atoms with Crippen LogP contribution in [0.4, 0.5) is 8.78 Å². The third-order valence-electron chi connectivity index (χ3n) is 5.55. The van der Waals surface area contributed by atoms with E-state index in [1.54, 1.807) is 0 Å². The van der Waals surface area contributed by atoms with Gasteiger partial charge >= 0.3 is 0 Å². The molecule has 1 N–H and O–H groups in total. The molecule has 162 valence electrons. The predicted molar refractivity (Wildman–Crippen MR) is 114 cm³/mol. The van der Waals surface area contributed by atoms with Crippen molar-refractivity contribution in [2.24, 2.45) is 5.92 Å². The van der Waals surface area contributed by atoms with Crippen molar-refractivity contribution >= 4 is 11.7 Å². The molecule has 4 nitrogen and oxygen atoms in total. The van der Waals surface area contributed by atoms with Gasteiger partial charge in [0.1, 0.15) is 11.6 Å². The molecule has 0 aromatic heterocycles. The molecular weight excluding hydrogens is 386 g/mol. The van der Waals surface area contributed by atoms with E-state index in [9.17, 15) is 18.4 Å². The average Bonchev–Trinajstić information content (AvgIpc) is 2.74. The first kappa shape index (κ1) is 22.1. The van der Waals surface area contributed by atoms with E-state index >= 15 is 0 Å². The normalized spacial score (nSPS) is 16.7. The Kier molecular flexibility index (Phi) is 7.32. The molecule has 0 aliphatic carbocycles. The Balaban J connectivity index is 0.00000341. The van der Waals surface area contributed by atoms with E-state index < -0.39 is 11.6 Å². The van der Waals surface area contributed by atoms with Gasteiger partial charge in [-0.1, -0.05) is 38.1 Å². The minimum atomic E-state index is -0.621. The molecule has 0 bridgehead atoms. The van der Waals surface area contributed by atoms with Gasteiger partial charge < -0.3 is 10.2 Å². The summed E-state index contributed by atoms with van der Waals surface area (Å²) in [5.41, 5.74) is 2.13. The maximum atomic E-state index is 13.7. The summed E-state index contributed by atoms with van der Waals surface area (Å²) in [6.45, 7) is 5.32. The van der Waals surface area contributed by atoms with Gasteiger partial charge in [-0.05, 0) is 30.5 Å². The molecule has 0 spiro atoms. The van der Waals surface area contributed by atoms with Crippen LogP contribution < -0.4 is 5.32 Å². The number of amides is 1. The highest BCUT2D eigenvalue weighted by Gasteiger charge is 2.25. The van der Waals surface area contributed by atoms with Gasteiger partial charge in [0.2, 0.25) is 5.91 Å². The highest BCUT2D eigenvalue weighted by atomic mass is 19.1. The van der Waals surface area contributed by atoms with Crippen LogP contribution in [0.2, 0.25) is 0 Å². The summed E-state index contributed by atoms with van der Waals surface area (Å²) in [5, 5.41) is 2.95. The third kappa shape index (κ3) is 5.51. The number of carbonyl (C=O) groups is 2. The van der Waals surface area contributed by atoms with E-state index in [0.717, 1.165) is 24.5 Å². The lowest BCUT2D eigenvalue weighted by Gasteiger charge is -2.33. The summed E-state index contributed by atoms with van der Waals surface area (Å²) in [5.74, 6) is -1.03. The Morgan fingerprint density at radius 3 is 2.73 bits per heavy atom. The number of halogens is 2. The monoisotopic (exact) mass is 416 g/mol. The zero-order valence-electron chi connectivity index (χ0n) is 17.5. The average molecular weight is 417 g/mol. The fraction of sp³-hybridized carbons (Fsp3) is 0.417. The summed E-state index contributed by atoms with van der Waals surface area (Å²) in [6.07, 6.45) is 1.86. The summed E-state index contributed by atoms with van der Waals surface area (Å²) in [6, 6.07) is 11.1. The lowest BCUT2D eigenvalue weighted by atomic mass is 9.88. The molecule has 2 aromatic carbocycles. The van der Waals surface area contributed by atoms with E-state index in [4.69, 9.17) is 0 Å². The predicted octanol–water partition coefficient (Wildman–Crippen LogP) is 4.55. The highest BCUT2D eigenvalue weighted by Crippen LogP contribution is 2.28. The zero-order chi connectivity index (χ0) is 21.7. The van der Waals surface area contributed by atoms with Gasteiger partial charge in [-0.2, -0.15) is 0 Å². The Morgan fingerprint density at radius 1 is 1.20 bits per heavy atom. The lowest BCUT2D eigenvalue weighted by Crippen LogP contribution is -2.43. The van der Waals surface area contributed by atoms with Crippen LogP contribution in [0.25, 0.3) is 0 Å². The van der Waals surface area contributed by atoms with E-state index in [1.807, 2.05) is 43.0 Å². The van der Waals surface area contributed by atoms with Gasteiger partial charge in [0.05, 0.1) is 6.54 Å². The molecule has 1 saturated heterocycles. The maximum Gasteiger partial charge on any atom is 0.236 e. The van der Waals surface area contributed by atoms with Crippen LogP contribution in [0, 0.1) is 17.6 Å². The molecule has 1 aliphatic rings. The molecule has 1 amide bonds. The highest BCUT2D eigenvalue weighted by molar-refractivity contribution is 5.97. The molecule has 1 aliphatic heterocycles. The molecule has 2 aromatic rings. The smallest absolute Gasteiger partial charge is 0.236 e. The molecule has 1 heterocycles. The fourth-order valence-corrected chi connectivity index (χ4v) is 3.84. The molecule has 6 heteroatoms. The van der Waals surface area contributed by atoms with Crippen LogP contribution in [0.5, 0.6) is 0 Å². The quantitative estimate of drug-likeness (QED) is 0.674. The number of hydrogen-bond donors (Lipinski definition) is 1. The van der Waals surface area contributed by atoms with Crippen molar-refractivity contribution in [2.75, 3.05) is 19.6 Å². The number of benzene rings is 2. The van der Waals surface area contributed by atoms with Crippen LogP contribution in [-0.2, 0) is 11.3 Å². The number of Topliss-reactive ketones (excluding diaryl/α,β-unsaturated/α-hetero) is 1. The molecule has 0 saturated carbocycles. The molecule has 30 heavy (non-hydrogen) atoms. The van der Waals surface area contributed by atoms with E-state index in [1.165, 1.54) is 12.1 Å². The SMILES string of the molecule is CC(C)C(=O)c1cccc([C@@H]2CCCN(C(=O)CNCc3ccc(F)cc3F)C2)c1.[HH]. The van der Waals surface area contributed by atoms with Crippen molar-refractivity contribution in [3.63, 3.8) is 0 Å². The second kappa shape index (κ2) is 9.94. The molecule has 1 atom stereocenters. The van der Waals surface area contributed by atoms with Gasteiger partial charge in [-0.3, -0.25) is 9.59 Å². The Bertz CT molecular complexity index is 920. The summed E-state index contributed by atoms with van der Waals surface area (Å²) >= 11 is 0. The van der Waals surface area contributed by atoms with Crippen molar-refractivity contribution in [3.8, 4) is 0 Å². The molecular formula is C24H30F2N2O2. The van der Waals surface area contributed by atoms with Crippen molar-refractivity contribution < 1.29 is 19.8 Å². The number of carbonyl (C=O) groups excluding carboxylic acids is 2. The zero-order valence-corrected chi connectivity index (χ0v) is 17.5. The number of ketones is 1. The van der Waals surface area contributed by atoms with Crippen LogP contribution in [0.15, 0.2) is 42.5 Å². The Hall–Kier alpha value is -2.60. The summed E-state index contributed by atoms with van der Waals surface area (Å²) in [4.78, 5) is 26.8. The number of nitrogens with zero attached hydrogens (tertiary/aromatic N) is 1. The van der Waals surface area contributed by atoms with Gasteiger partial charge in [-0.25, -0.2) is 8.78 Å². The van der Waals surface area contributed by atoms with Gasteiger partial charge in [-0.15, -0.1) is 0 Å². The minimum Gasteiger partial charge on any atom is -0.341 e. The van der Waals surface area contributed by atoms with Crippen LogP contribution >= 0.6 is 0 Å². The van der Waals surface area contributed by atoms with Crippen molar-refractivity contribution in [2.45, 2.75) is 39.2 Å². The maximum absolute atomic E-state index is 13.7. The van der Waals surface area contributed by atoms with E-state index in [0.29, 0.717) is 24.2 Å².